The fourth-order valence-electron chi connectivity index (χ4n) is 1.41. The number of ether oxygens (including phenoxy) is 1. The maximum atomic E-state index is 11.2. The summed E-state index contributed by atoms with van der Waals surface area (Å²) in [7, 11) is 0. The minimum absolute atomic E-state index is 0.153. The molecular weight excluding hydrogens is 176 g/mol. The average molecular weight is 192 g/mol. The van der Waals surface area contributed by atoms with E-state index in [1.807, 2.05) is 32.9 Å². The van der Waals surface area contributed by atoms with E-state index in [2.05, 4.69) is 6.07 Å². The molecule has 0 radical (unpaired) electrons. The molecule has 76 valence electrons. The van der Waals surface area contributed by atoms with E-state index in [9.17, 15) is 4.79 Å². The number of rotatable bonds is 3. The molecule has 0 aliphatic carbocycles. The number of carbonyl (C=O) groups excluding carboxylic acids is 1. The van der Waals surface area contributed by atoms with Crippen molar-refractivity contribution in [2.75, 3.05) is 6.61 Å². The van der Waals surface area contributed by atoms with Gasteiger partial charge in [-0.2, -0.15) is 0 Å². The lowest BCUT2D eigenvalue weighted by atomic mass is 10.0. The van der Waals surface area contributed by atoms with Crippen molar-refractivity contribution in [3.8, 4) is 0 Å². The van der Waals surface area contributed by atoms with Gasteiger partial charge in [-0.1, -0.05) is 23.8 Å². The molecule has 14 heavy (non-hydrogen) atoms. The lowest BCUT2D eigenvalue weighted by molar-refractivity contribution is -0.142. The minimum atomic E-state index is -0.153. The fraction of sp³-hybridized carbons (Fsp3) is 0.417. The quantitative estimate of drug-likeness (QED) is 0.687. The highest BCUT2D eigenvalue weighted by molar-refractivity contribution is 5.73. The Morgan fingerprint density at radius 1 is 1.36 bits per heavy atom. The maximum Gasteiger partial charge on any atom is 0.310 e. The Morgan fingerprint density at radius 2 is 2.07 bits per heavy atom. The second-order valence-corrected chi connectivity index (χ2v) is 3.41. The number of benzene rings is 1. The normalized spacial score (nSPS) is 9.93. The molecule has 0 saturated heterocycles. The predicted octanol–water partition coefficient (Wildman–Crippen LogP) is 2.41. The van der Waals surface area contributed by atoms with E-state index in [0.29, 0.717) is 13.0 Å². The zero-order valence-corrected chi connectivity index (χ0v) is 8.96. The van der Waals surface area contributed by atoms with Gasteiger partial charge in [-0.25, -0.2) is 0 Å². The smallest absolute Gasteiger partial charge is 0.310 e. The standard InChI is InChI=1S/C12H16O2/c1-4-14-12(13)8-11-6-5-9(2)7-10(11)3/h5-7H,4,8H2,1-3H3. The summed E-state index contributed by atoms with van der Waals surface area (Å²) in [6, 6.07) is 6.08. The molecule has 0 atom stereocenters. The molecule has 0 heterocycles. The average Bonchev–Trinajstić information content (AvgIpc) is 2.10. The van der Waals surface area contributed by atoms with Crippen LogP contribution in [0.15, 0.2) is 18.2 Å². The summed E-state index contributed by atoms with van der Waals surface area (Å²) in [5, 5.41) is 0. The van der Waals surface area contributed by atoms with Gasteiger partial charge in [-0.15, -0.1) is 0 Å². The molecule has 0 fully saturated rings. The van der Waals surface area contributed by atoms with E-state index >= 15 is 0 Å². The van der Waals surface area contributed by atoms with Crippen molar-refractivity contribution in [3.05, 3.63) is 34.9 Å². The summed E-state index contributed by atoms with van der Waals surface area (Å²) in [5.41, 5.74) is 3.42. The molecule has 1 rings (SSSR count). The summed E-state index contributed by atoms with van der Waals surface area (Å²) in [6.07, 6.45) is 0.375. The lowest BCUT2D eigenvalue weighted by Crippen LogP contribution is -2.08. The van der Waals surface area contributed by atoms with Crippen LogP contribution in [0.2, 0.25) is 0 Å². The van der Waals surface area contributed by atoms with Crippen molar-refractivity contribution in [1.82, 2.24) is 0 Å². The van der Waals surface area contributed by atoms with E-state index in [1.54, 1.807) is 0 Å². The van der Waals surface area contributed by atoms with Crippen molar-refractivity contribution >= 4 is 5.97 Å². The van der Waals surface area contributed by atoms with Crippen LogP contribution in [0.3, 0.4) is 0 Å². The molecule has 1 aromatic carbocycles. The van der Waals surface area contributed by atoms with Gasteiger partial charge in [-0.3, -0.25) is 4.79 Å². The second-order valence-electron chi connectivity index (χ2n) is 3.41. The van der Waals surface area contributed by atoms with Crippen molar-refractivity contribution in [2.24, 2.45) is 0 Å². The van der Waals surface area contributed by atoms with E-state index in [0.717, 1.165) is 11.1 Å². The number of carbonyl (C=O) groups is 1. The van der Waals surface area contributed by atoms with Crippen molar-refractivity contribution in [2.45, 2.75) is 27.2 Å². The monoisotopic (exact) mass is 192 g/mol. The van der Waals surface area contributed by atoms with Gasteiger partial charge in [0.1, 0.15) is 0 Å². The number of hydrogen-bond donors (Lipinski definition) is 0. The Kier molecular flexibility index (Phi) is 3.69. The zero-order chi connectivity index (χ0) is 10.6. The van der Waals surface area contributed by atoms with Crippen molar-refractivity contribution in [1.29, 1.82) is 0 Å². The highest BCUT2D eigenvalue weighted by Gasteiger charge is 2.05. The summed E-state index contributed by atoms with van der Waals surface area (Å²) in [6.45, 7) is 6.33. The van der Waals surface area contributed by atoms with Crippen molar-refractivity contribution < 1.29 is 9.53 Å². The molecule has 1 aromatic rings. The van der Waals surface area contributed by atoms with Gasteiger partial charge in [0.05, 0.1) is 13.0 Å². The topological polar surface area (TPSA) is 26.3 Å². The van der Waals surface area contributed by atoms with Crippen LogP contribution in [0, 0.1) is 13.8 Å². The molecule has 2 heteroatoms. The van der Waals surface area contributed by atoms with Crippen LogP contribution in [-0.2, 0) is 16.0 Å². The third kappa shape index (κ3) is 2.87. The first-order valence-electron chi connectivity index (χ1n) is 4.85. The third-order valence-electron chi connectivity index (χ3n) is 2.14. The maximum absolute atomic E-state index is 11.2. The highest BCUT2D eigenvalue weighted by atomic mass is 16.5. The van der Waals surface area contributed by atoms with Gasteiger partial charge >= 0.3 is 5.97 Å². The van der Waals surface area contributed by atoms with E-state index in [1.165, 1.54) is 5.56 Å². The summed E-state index contributed by atoms with van der Waals surface area (Å²) >= 11 is 0. The molecule has 0 N–H and O–H groups in total. The van der Waals surface area contributed by atoms with Crippen LogP contribution in [-0.4, -0.2) is 12.6 Å². The Labute approximate surface area is 84.9 Å². The first-order chi connectivity index (χ1) is 6.63. The van der Waals surface area contributed by atoms with E-state index < -0.39 is 0 Å². The molecule has 0 aliphatic heterocycles. The van der Waals surface area contributed by atoms with Crippen LogP contribution in [0.1, 0.15) is 23.6 Å². The zero-order valence-electron chi connectivity index (χ0n) is 8.96. The molecule has 0 spiro atoms. The van der Waals surface area contributed by atoms with Crippen LogP contribution in [0.25, 0.3) is 0 Å². The molecule has 0 saturated carbocycles. The van der Waals surface area contributed by atoms with Crippen LogP contribution < -0.4 is 0 Å². The Bertz CT molecular complexity index is 329. The van der Waals surface area contributed by atoms with E-state index in [-0.39, 0.29) is 5.97 Å². The molecule has 0 aliphatic rings. The number of hydrogen-bond acceptors (Lipinski definition) is 2. The SMILES string of the molecule is CCOC(=O)Cc1ccc(C)cc1C. The molecule has 0 bridgehead atoms. The summed E-state index contributed by atoms with van der Waals surface area (Å²) in [4.78, 5) is 11.2. The first-order valence-corrected chi connectivity index (χ1v) is 4.85. The van der Waals surface area contributed by atoms with Crippen LogP contribution >= 0.6 is 0 Å². The fourth-order valence-corrected chi connectivity index (χ4v) is 1.41. The highest BCUT2D eigenvalue weighted by Crippen LogP contribution is 2.11. The van der Waals surface area contributed by atoms with Gasteiger partial charge in [0.15, 0.2) is 0 Å². The van der Waals surface area contributed by atoms with Crippen LogP contribution in [0.4, 0.5) is 0 Å². The Hall–Kier alpha value is -1.31. The summed E-state index contributed by atoms with van der Waals surface area (Å²) < 4.78 is 4.89. The Morgan fingerprint density at radius 3 is 2.64 bits per heavy atom. The van der Waals surface area contributed by atoms with Gasteiger partial charge in [0, 0.05) is 0 Å². The molecule has 0 unspecified atom stereocenters. The largest absolute Gasteiger partial charge is 0.466 e. The van der Waals surface area contributed by atoms with E-state index in [4.69, 9.17) is 4.74 Å². The molecular formula is C12H16O2. The Balaban J connectivity index is 2.72. The first kappa shape index (κ1) is 10.8. The number of aryl methyl sites for hydroxylation is 2. The van der Waals surface area contributed by atoms with Gasteiger partial charge in [0.25, 0.3) is 0 Å². The molecule has 2 nitrogen and oxygen atoms in total. The second kappa shape index (κ2) is 4.80. The third-order valence-corrected chi connectivity index (χ3v) is 2.14. The lowest BCUT2D eigenvalue weighted by Gasteiger charge is -2.06. The minimum Gasteiger partial charge on any atom is -0.466 e. The number of esters is 1. The van der Waals surface area contributed by atoms with Gasteiger partial charge in [-0.05, 0) is 31.9 Å². The van der Waals surface area contributed by atoms with Gasteiger partial charge in [0.2, 0.25) is 0 Å². The summed E-state index contributed by atoms with van der Waals surface area (Å²) in [5.74, 6) is -0.153. The predicted molar refractivity (Wildman–Crippen MR) is 56.3 cm³/mol. The molecule has 0 amide bonds. The van der Waals surface area contributed by atoms with Crippen LogP contribution in [0.5, 0.6) is 0 Å². The van der Waals surface area contributed by atoms with Crippen molar-refractivity contribution in [3.63, 3.8) is 0 Å². The van der Waals surface area contributed by atoms with Gasteiger partial charge < -0.3 is 4.74 Å². The molecule has 0 aromatic heterocycles.